The van der Waals surface area contributed by atoms with E-state index in [0.29, 0.717) is 23.0 Å². The number of hydrogen-bond donors (Lipinski definition) is 2. The molecule has 2 heterocycles. The van der Waals surface area contributed by atoms with E-state index in [9.17, 15) is 4.79 Å². The van der Waals surface area contributed by atoms with E-state index in [1.54, 1.807) is 25.1 Å². The Morgan fingerprint density at radius 1 is 1.12 bits per heavy atom. The summed E-state index contributed by atoms with van der Waals surface area (Å²) < 4.78 is 10.6. The van der Waals surface area contributed by atoms with Gasteiger partial charge in [-0.1, -0.05) is 12.1 Å². The van der Waals surface area contributed by atoms with Gasteiger partial charge in [-0.3, -0.25) is 4.79 Å². The van der Waals surface area contributed by atoms with E-state index in [1.807, 2.05) is 24.3 Å². The second kappa shape index (κ2) is 6.27. The summed E-state index contributed by atoms with van der Waals surface area (Å²) in [6, 6.07) is 12.4. The highest BCUT2D eigenvalue weighted by atomic mass is 16.7. The number of para-hydroxylation sites is 1. The zero-order valence-electron chi connectivity index (χ0n) is 13.5. The zero-order valence-corrected chi connectivity index (χ0v) is 13.5. The average Bonchev–Trinajstić information content (AvgIpc) is 3.10. The van der Waals surface area contributed by atoms with Crippen molar-refractivity contribution in [2.45, 2.75) is 13.0 Å². The van der Waals surface area contributed by atoms with Gasteiger partial charge < -0.3 is 20.1 Å². The molecule has 1 amide bonds. The maximum atomic E-state index is 12.5. The summed E-state index contributed by atoms with van der Waals surface area (Å²) in [7, 11) is 0. The molecule has 7 nitrogen and oxygen atoms in total. The quantitative estimate of drug-likeness (QED) is 0.762. The number of amides is 1. The first-order valence-electron chi connectivity index (χ1n) is 7.87. The van der Waals surface area contributed by atoms with Crippen LogP contribution in [0.4, 0.5) is 11.5 Å². The Morgan fingerprint density at radius 2 is 1.96 bits per heavy atom. The number of anilines is 2. The van der Waals surface area contributed by atoms with Gasteiger partial charge in [-0.25, -0.2) is 9.97 Å². The number of fused-ring (bicyclic) bond motifs is 2. The van der Waals surface area contributed by atoms with E-state index < -0.39 is 6.04 Å². The van der Waals surface area contributed by atoms with Crippen molar-refractivity contribution in [1.29, 1.82) is 0 Å². The molecular formula is C18H16N4O3. The van der Waals surface area contributed by atoms with Crippen LogP contribution < -0.4 is 20.1 Å². The molecule has 2 N–H and O–H groups in total. The third-order valence-corrected chi connectivity index (χ3v) is 3.93. The van der Waals surface area contributed by atoms with Crippen LogP contribution in [0, 0.1) is 0 Å². The lowest BCUT2D eigenvalue weighted by atomic mass is 10.2. The highest BCUT2D eigenvalue weighted by molar-refractivity contribution is 5.98. The molecule has 1 atom stereocenters. The van der Waals surface area contributed by atoms with Gasteiger partial charge in [-0.15, -0.1) is 0 Å². The van der Waals surface area contributed by atoms with Crippen molar-refractivity contribution in [3.63, 3.8) is 0 Å². The van der Waals surface area contributed by atoms with E-state index >= 15 is 0 Å². The second-order valence-electron chi connectivity index (χ2n) is 5.66. The number of hydrogen-bond acceptors (Lipinski definition) is 6. The Kier molecular flexibility index (Phi) is 3.81. The molecule has 0 spiro atoms. The van der Waals surface area contributed by atoms with E-state index in [0.717, 1.165) is 10.9 Å². The predicted molar refractivity (Wildman–Crippen MR) is 93.8 cm³/mol. The van der Waals surface area contributed by atoms with Gasteiger partial charge in [0.25, 0.3) is 0 Å². The van der Waals surface area contributed by atoms with Crippen molar-refractivity contribution in [2.75, 3.05) is 17.4 Å². The highest BCUT2D eigenvalue weighted by Gasteiger charge is 2.17. The van der Waals surface area contributed by atoms with Gasteiger partial charge in [-0.2, -0.15) is 0 Å². The molecule has 0 fully saturated rings. The van der Waals surface area contributed by atoms with Crippen molar-refractivity contribution in [3.8, 4) is 11.5 Å². The molecule has 0 saturated carbocycles. The molecule has 0 saturated heterocycles. The normalized spacial score (nSPS) is 13.5. The number of nitrogens with zero attached hydrogens (tertiary/aromatic N) is 2. The van der Waals surface area contributed by atoms with E-state index in [1.165, 1.54) is 6.33 Å². The summed E-state index contributed by atoms with van der Waals surface area (Å²) >= 11 is 0. The summed E-state index contributed by atoms with van der Waals surface area (Å²) in [5.41, 5.74) is 1.47. The largest absolute Gasteiger partial charge is 0.454 e. The van der Waals surface area contributed by atoms with Crippen LogP contribution in [0.5, 0.6) is 11.5 Å². The molecule has 1 aliphatic rings. The van der Waals surface area contributed by atoms with Crippen molar-refractivity contribution in [1.82, 2.24) is 9.97 Å². The van der Waals surface area contributed by atoms with Crippen LogP contribution in [0.1, 0.15) is 6.92 Å². The average molecular weight is 336 g/mol. The molecule has 0 aliphatic carbocycles. The molecule has 2 aromatic carbocycles. The maximum absolute atomic E-state index is 12.5. The molecule has 0 radical (unpaired) electrons. The minimum Gasteiger partial charge on any atom is -0.454 e. The van der Waals surface area contributed by atoms with Crippen LogP contribution in [-0.4, -0.2) is 28.7 Å². The molecule has 126 valence electrons. The first-order chi connectivity index (χ1) is 12.2. The van der Waals surface area contributed by atoms with Crippen LogP contribution >= 0.6 is 0 Å². The molecular weight excluding hydrogens is 320 g/mol. The van der Waals surface area contributed by atoms with Crippen LogP contribution in [-0.2, 0) is 4.79 Å². The van der Waals surface area contributed by atoms with Crippen LogP contribution in [0.3, 0.4) is 0 Å². The molecule has 1 unspecified atom stereocenters. The summed E-state index contributed by atoms with van der Waals surface area (Å²) in [5, 5.41) is 6.87. The summed E-state index contributed by atoms with van der Waals surface area (Å²) in [5.74, 6) is 1.75. The summed E-state index contributed by atoms with van der Waals surface area (Å²) in [6.07, 6.45) is 1.48. The fraction of sp³-hybridized carbons (Fsp3) is 0.167. The van der Waals surface area contributed by atoms with Crippen molar-refractivity contribution < 1.29 is 14.3 Å². The van der Waals surface area contributed by atoms with E-state index in [-0.39, 0.29) is 12.7 Å². The molecule has 1 aliphatic heterocycles. The van der Waals surface area contributed by atoms with Gasteiger partial charge in [-0.05, 0) is 31.2 Å². The van der Waals surface area contributed by atoms with Crippen LogP contribution in [0.15, 0.2) is 48.8 Å². The zero-order chi connectivity index (χ0) is 17.2. The predicted octanol–water partition coefficient (Wildman–Crippen LogP) is 2.80. The lowest BCUT2D eigenvalue weighted by Gasteiger charge is -2.16. The third-order valence-electron chi connectivity index (χ3n) is 3.93. The Bertz CT molecular complexity index is 939. The second-order valence-corrected chi connectivity index (χ2v) is 5.66. The number of aromatic nitrogens is 2. The monoisotopic (exact) mass is 336 g/mol. The molecule has 7 heteroatoms. The number of carbonyl (C=O) groups excluding carboxylic acids is 1. The number of ether oxygens (including phenoxy) is 2. The number of benzene rings is 2. The Morgan fingerprint density at radius 3 is 2.88 bits per heavy atom. The van der Waals surface area contributed by atoms with Crippen LogP contribution in [0.25, 0.3) is 10.9 Å². The molecule has 25 heavy (non-hydrogen) atoms. The highest BCUT2D eigenvalue weighted by Crippen LogP contribution is 2.34. The molecule has 4 rings (SSSR count). The van der Waals surface area contributed by atoms with Gasteiger partial charge in [0, 0.05) is 17.1 Å². The van der Waals surface area contributed by atoms with Crippen molar-refractivity contribution in [2.24, 2.45) is 0 Å². The molecule has 3 aromatic rings. The number of nitrogens with one attached hydrogen (secondary N) is 2. The fourth-order valence-corrected chi connectivity index (χ4v) is 2.62. The minimum atomic E-state index is -0.483. The summed E-state index contributed by atoms with van der Waals surface area (Å²) in [6.45, 7) is 1.98. The van der Waals surface area contributed by atoms with Gasteiger partial charge in [0.1, 0.15) is 18.2 Å². The van der Waals surface area contributed by atoms with Gasteiger partial charge in [0.05, 0.1) is 5.52 Å². The molecule has 0 bridgehead atoms. The van der Waals surface area contributed by atoms with Crippen molar-refractivity contribution >= 4 is 28.3 Å². The third kappa shape index (κ3) is 3.03. The molecule has 1 aromatic heterocycles. The number of rotatable bonds is 4. The Labute approximate surface area is 144 Å². The topological polar surface area (TPSA) is 85.4 Å². The fourth-order valence-electron chi connectivity index (χ4n) is 2.62. The summed E-state index contributed by atoms with van der Waals surface area (Å²) in [4.78, 5) is 20.9. The first-order valence-corrected chi connectivity index (χ1v) is 7.87. The standard InChI is InChI=1S/C18H16N4O3/c1-11(21-17-13-4-2-3-5-14(13)19-9-20-17)18(23)22-12-6-7-15-16(8-12)25-10-24-15/h2-9,11H,10H2,1H3,(H,22,23)(H,19,20,21). The van der Waals surface area contributed by atoms with Gasteiger partial charge >= 0.3 is 0 Å². The Hall–Kier alpha value is -3.35. The van der Waals surface area contributed by atoms with Gasteiger partial charge in [0.15, 0.2) is 11.5 Å². The smallest absolute Gasteiger partial charge is 0.246 e. The maximum Gasteiger partial charge on any atom is 0.246 e. The lowest BCUT2D eigenvalue weighted by molar-refractivity contribution is -0.116. The van der Waals surface area contributed by atoms with E-state index in [4.69, 9.17) is 9.47 Å². The minimum absolute atomic E-state index is 0.179. The van der Waals surface area contributed by atoms with Crippen molar-refractivity contribution in [3.05, 3.63) is 48.8 Å². The number of carbonyl (C=O) groups is 1. The first kappa shape index (κ1) is 15.2. The SMILES string of the molecule is CC(Nc1ncnc2ccccc12)C(=O)Nc1ccc2c(c1)OCO2. The lowest BCUT2D eigenvalue weighted by Crippen LogP contribution is -2.32. The van der Waals surface area contributed by atoms with Crippen LogP contribution in [0.2, 0.25) is 0 Å². The van der Waals surface area contributed by atoms with E-state index in [2.05, 4.69) is 20.6 Å². The van der Waals surface area contributed by atoms with Gasteiger partial charge in [0.2, 0.25) is 12.7 Å². The Balaban J connectivity index is 1.48.